The zero-order valence-electron chi connectivity index (χ0n) is 20.7. The van der Waals surface area contributed by atoms with E-state index >= 15 is 0 Å². The Balaban J connectivity index is 1.95. The first-order valence-corrected chi connectivity index (χ1v) is 13.1. The zero-order valence-corrected chi connectivity index (χ0v) is 22.3. The number of nitrogens with zero attached hydrogens (tertiary/aromatic N) is 4. The molecule has 0 aliphatic carbocycles. The van der Waals surface area contributed by atoms with Gasteiger partial charge in [0.05, 0.1) is 34.4 Å². The molecule has 0 fully saturated rings. The molecule has 0 bridgehead atoms. The maximum Gasteiger partial charge on any atom is 0.132 e. The Morgan fingerprint density at radius 3 is 1.30 bits per heavy atom. The Morgan fingerprint density at radius 1 is 0.667 bits per heavy atom. The van der Waals surface area contributed by atoms with Crippen LogP contribution in [0.5, 0.6) is 0 Å². The third kappa shape index (κ3) is 5.44. The van der Waals surface area contributed by atoms with Crippen LogP contribution in [0.3, 0.4) is 0 Å². The molecule has 0 N–H and O–H groups in total. The van der Waals surface area contributed by atoms with Crippen LogP contribution in [0.4, 0.5) is 0 Å². The van der Waals surface area contributed by atoms with Crippen molar-refractivity contribution < 1.29 is 9.68 Å². The number of rotatable bonds is 9. The highest BCUT2D eigenvalue weighted by Gasteiger charge is 2.50. The van der Waals surface area contributed by atoms with Crippen LogP contribution in [-0.2, 0) is 9.68 Å². The lowest BCUT2D eigenvalue weighted by molar-refractivity contribution is -0.236. The molecule has 2 heterocycles. The van der Waals surface area contributed by atoms with Gasteiger partial charge in [-0.15, -0.1) is 23.5 Å². The maximum absolute atomic E-state index is 6.06. The molecule has 2 rings (SSSR count). The molecule has 0 atom stereocenters. The fraction of sp³-hybridized carbons (Fsp3) is 0.909. The highest BCUT2D eigenvalue weighted by molar-refractivity contribution is 8.17. The topological polar surface area (TPSA) is 49.7 Å². The van der Waals surface area contributed by atoms with Crippen LogP contribution >= 0.6 is 23.5 Å². The predicted molar refractivity (Wildman–Crippen MR) is 132 cm³/mol. The maximum atomic E-state index is 6.06. The molecular formula is C22H42N4O2S2. The number of hydroxylamine groups is 4. The monoisotopic (exact) mass is 458 g/mol. The van der Waals surface area contributed by atoms with Crippen LogP contribution in [0.2, 0.25) is 0 Å². The highest BCUT2D eigenvalue weighted by Crippen LogP contribution is 2.41. The van der Waals surface area contributed by atoms with Crippen molar-refractivity contribution in [3.05, 3.63) is 0 Å². The van der Waals surface area contributed by atoms with Gasteiger partial charge in [0.25, 0.3) is 0 Å². The van der Waals surface area contributed by atoms with Gasteiger partial charge in [0, 0.05) is 11.5 Å². The third-order valence-electron chi connectivity index (χ3n) is 5.22. The second kappa shape index (κ2) is 9.79. The summed E-state index contributed by atoms with van der Waals surface area (Å²) in [5.74, 6) is 1.96. The van der Waals surface area contributed by atoms with Crippen LogP contribution < -0.4 is 0 Å². The number of thioether (sulfide) groups is 2. The Hall–Kier alpha value is -0.120. The lowest BCUT2D eigenvalue weighted by Crippen LogP contribution is -2.51. The molecule has 2 aliphatic heterocycles. The molecule has 0 aromatic carbocycles. The van der Waals surface area contributed by atoms with E-state index in [0.29, 0.717) is 0 Å². The molecule has 0 aromatic rings. The van der Waals surface area contributed by atoms with Crippen LogP contribution in [0.25, 0.3) is 0 Å². The van der Waals surface area contributed by atoms with Crippen molar-refractivity contribution in [2.24, 2.45) is 9.98 Å². The van der Waals surface area contributed by atoms with Crippen molar-refractivity contribution in [1.82, 2.24) is 10.1 Å². The van der Waals surface area contributed by atoms with Gasteiger partial charge in [-0.3, -0.25) is 19.7 Å². The van der Waals surface area contributed by atoms with Gasteiger partial charge in [0.1, 0.15) is 11.3 Å². The van der Waals surface area contributed by atoms with E-state index in [1.54, 1.807) is 0 Å². The van der Waals surface area contributed by atoms with Crippen molar-refractivity contribution in [3.8, 4) is 0 Å². The summed E-state index contributed by atoms with van der Waals surface area (Å²) in [4.78, 5) is 22.1. The smallest absolute Gasteiger partial charge is 0.132 e. The van der Waals surface area contributed by atoms with E-state index in [-0.39, 0.29) is 22.4 Å². The summed E-state index contributed by atoms with van der Waals surface area (Å²) in [7, 11) is 0. The van der Waals surface area contributed by atoms with E-state index in [1.165, 1.54) is 0 Å². The molecule has 0 amide bonds. The molecule has 8 heteroatoms. The summed E-state index contributed by atoms with van der Waals surface area (Å²) in [6, 6.07) is 0. The Labute approximate surface area is 192 Å². The van der Waals surface area contributed by atoms with E-state index in [4.69, 9.17) is 19.7 Å². The van der Waals surface area contributed by atoms with Gasteiger partial charge in [-0.2, -0.15) is 10.1 Å². The average Bonchev–Trinajstić information content (AvgIpc) is 2.90. The number of hydrogen-bond acceptors (Lipinski definition) is 8. The second-order valence-corrected chi connectivity index (χ2v) is 12.1. The first-order valence-electron chi connectivity index (χ1n) is 11.1. The summed E-state index contributed by atoms with van der Waals surface area (Å²) >= 11 is 3.67. The zero-order chi connectivity index (χ0) is 22.8. The molecule has 30 heavy (non-hydrogen) atoms. The summed E-state index contributed by atoms with van der Waals surface area (Å²) in [5.41, 5.74) is -1.12. The molecule has 0 aromatic heterocycles. The SMILES string of the molecule is CCCON1C(C)(C)N=C(SCCSC2=NC(C)(C)N(OCCC)C2(C)C)C1(C)C. The minimum Gasteiger partial charge on any atom is -0.296 e. The Kier molecular flexibility index (Phi) is 8.53. The quantitative estimate of drug-likeness (QED) is 0.420. The van der Waals surface area contributed by atoms with Crippen molar-refractivity contribution in [2.75, 3.05) is 24.7 Å². The average molecular weight is 459 g/mol. The van der Waals surface area contributed by atoms with Gasteiger partial charge in [-0.1, -0.05) is 13.8 Å². The van der Waals surface area contributed by atoms with Crippen LogP contribution in [0.1, 0.15) is 82.1 Å². The normalized spacial score (nSPS) is 24.9. The molecule has 0 radical (unpaired) electrons. The number of hydrogen-bond donors (Lipinski definition) is 0. The van der Waals surface area contributed by atoms with Crippen molar-refractivity contribution in [1.29, 1.82) is 0 Å². The van der Waals surface area contributed by atoms with Crippen molar-refractivity contribution >= 4 is 33.6 Å². The van der Waals surface area contributed by atoms with Crippen LogP contribution in [0.15, 0.2) is 9.98 Å². The molecule has 6 nitrogen and oxygen atoms in total. The molecule has 0 saturated carbocycles. The van der Waals surface area contributed by atoms with Gasteiger partial charge in [-0.05, 0) is 68.2 Å². The summed E-state index contributed by atoms with van der Waals surface area (Å²) in [6.45, 7) is 23.0. The fourth-order valence-electron chi connectivity index (χ4n) is 4.10. The van der Waals surface area contributed by atoms with Crippen LogP contribution in [-0.4, -0.2) is 67.3 Å². The van der Waals surface area contributed by atoms with Gasteiger partial charge in [0.15, 0.2) is 0 Å². The largest absolute Gasteiger partial charge is 0.296 e. The molecule has 0 unspecified atom stereocenters. The molecule has 174 valence electrons. The van der Waals surface area contributed by atoms with Gasteiger partial charge in [-0.25, -0.2) is 0 Å². The van der Waals surface area contributed by atoms with E-state index in [0.717, 1.165) is 47.6 Å². The van der Waals surface area contributed by atoms with E-state index in [9.17, 15) is 0 Å². The summed E-state index contributed by atoms with van der Waals surface area (Å²) < 4.78 is 0. The molecule has 2 aliphatic rings. The Bertz CT molecular complexity index is 604. The first kappa shape index (κ1) is 26.1. The van der Waals surface area contributed by atoms with Gasteiger partial charge >= 0.3 is 0 Å². The summed E-state index contributed by atoms with van der Waals surface area (Å²) in [6.07, 6.45) is 1.99. The first-order chi connectivity index (χ1) is 13.8. The second-order valence-electron chi connectivity index (χ2n) is 9.89. The fourth-order valence-corrected chi connectivity index (χ4v) is 6.60. The summed E-state index contributed by atoms with van der Waals surface area (Å²) in [5, 5.41) is 6.42. The highest BCUT2D eigenvalue weighted by atomic mass is 32.2. The lowest BCUT2D eigenvalue weighted by Gasteiger charge is -2.38. The van der Waals surface area contributed by atoms with Crippen molar-refractivity contribution in [3.63, 3.8) is 0 Å². The van der Waals surface area contributed by atoms with Crippen LogP contribution in [0, 0.1) is 0 Å². The number of aliphatic imine (C=N–C) groups is 2. The van der Waals surface area contributed by atoms with E-state index < -0.39 is 0 Å². The Morgan fingerprint density at radius 2 is 1.00 bits per heavy atom. The third-order valence-corrected chi connectivity index (χ3v) is 8.02. The molecule has 0 saturated heterocycles. The van der Waals surface area contributed by atoms with Gasteiger partial charge in [0.2, 0.25) is 0 Å². The van der Waals surface area contributed by atoms with E-state index in [2.05, 4.69) is 79.4 Å². The minimum absolute atomic E-state index is 0.217. The molecule has 0 spiro atoms. The molecular weight excluding hydrogens is 416 g/mol. The predicted octanol–water partition coefficient (Wildman–Crippen LogP) is 5.59. The van der Waals surface area contributed by atoms with Gasteiger partial charge < -0.3 is 0 Å². The minimum atomic E-state index is -0.340. The van der Waals surface area contributed by atoms with Crippen molar-refractivity contribution in [2.45, 2.75) is 104 Å². The lowest BCUT2D eigenvalue weighted by atomic mass is 10.1. The van der Waals surface area contributed by atoms with E-state index in [1.807, 2.05) is 23.5 Å². The standard InChI is InChI=1S/C22H42N4O2S2/c1-11-13-27-25-19(3,4)17(23-21(25,7)8)29-15-16-30-18-20(5,6)26(28-14-12-2)22(9,10)24-18/h11-16H2,1-10H3.